The Bertz CT molecular complexity index is 336. The summed E-state index contributed by atoms with van der Waals surface area (Å²) in [6.07, 6.45) is 3.82. The molecule has 0 N–H and O–H groups in total. The number of rotatable bonds is 3. The van der Waals surface area contributed by atoms with Crippen molar-refractivity contribution in [3.63, 3.8) is 0 Å². The first-order valence-electron chi connectivity index (χ1n) is 4.07. The molecule has 0 unspecified atom stereocenters. The molecule has 0 atom stereocenters. The van der Waals surface area contributed by atoms with Crippen LogP contribution < -0.4 is 4.74 Å². The number of hydrogen-bond donors (Lipinski definition) is 0. The van der Waals surface area contributed by atoms with E-state index < -0.39 is 5.95 Å². The molecule has 0 radical (unpaired) electrons. The third kappa shape index (κ3) is 1.66. The zero-order valence-electron chi connectivity index (χ0n) is 6.87. The summed E-state index contributed by atoms with van der Waals surface area (Å²) in [6.45, 7) is 0. The summed E-state index contributed by atoms with van der Waals surface area (Å²) < 4.78 is 18.2. The molecule has 0 spiro atoms. The van der Waals surface area contributed by atoms with Crippen LogP contribution in [0.2, 0.25) is 0 Å². The highest BCUT2D eigenvalue weighted by molar-refractivity contribution is 5.78. The maximum absolute atomic E-state index is 12.9. The molecule has 68 valence electrons. The third-order valence-corrected chi connectivity index (χ3v) is 1.84. The fourth-order valence-corrected chi connectivity index (χ4v) is 1.01. The van der Waals surface area contributed by atoms with Crippen molar-refractivity contribution in [3.05, 3.63) is 23.8 Å². The van der Waals surface area contributed by atoms with Gasteiger partial charge in [-0.1, -0.05) is 0 Å². The van der Waals surface area contributed by atoms with E-state index in [-0.39, 0.29) is 11.7 Å². The zero-order valence-corrected chi connectivity index (χ0v) is 6.87. The van der Waals surface area contributed by atoms with Crippen LogP contribution in [0.1, 0.15) is 23.2 Å². The summed E-state index contributed by atoms with van der Waals surface area (Å²) >= 11 is 0. The van der Waals surface area contributed by atoms with Gasteiger partial charge in [-0.05, 0) is 18.9 Å². The number of halogens is 1. The lowest BCUT2D eigenvalue weighted by Crippen LogP contribution is -2.02. The van der Waals surface area contributed by atoms with Gasteiger partial charge in [0.25, 0.3) is 0 Å². The molecule has 1 saturated carbocycles. The monoisotopic (exact) mass is 181 g/mol. The predicted molar refractivity (Wildman–Crippen MR) is 43.2 cm³/mol. The second-order valence-corrected chi connectivity index (χ2v) is 2.95. The lowest BCUT2D eigenvalue weighted by atomic mass is 10.3. The Hall–Kier alpha value is -1.45. The van der Waals surface area contributed by atoms with Gasteiger partial charge in [-0.2, -0.15) is 4.39 Å². The minimum Gasteiger partial charge on any atom is -0.489 e. The van der Waals surface area contributed by atoms with Crippen molar-refractivity contribution in [3.8, 4) is 5.75 Å². The molecule has 0 aliphatic heterocycles. The van der Waals surface area contributed by atoms with E-state index in [0.717, 1.165) is 12.8 Å². The second kappa shape index (κ2) is 3.12. The quantitative estimate of drug-likeness (QED) is 0.525. The largest absolute Gasteiger partial charge is 0.489 e. The highest BCUT2D eigenvalue weighted by Crippen LogP contribution is 2.28. The Morgan fingerprint density at radius 2 is 2.38 bits per heavy atom. The number of aldehydes is 1. The van der Waals surface area contributed by atoms with Gasteiger partial charge in [-0.15, -0.1) is 0 Å². The lowest BCUT2D eigenvalue weighted by molar-refractivity contribution is 0.111. The van der Waals surface area contributed by atoms with Crippen molar-refractivity contribution in [1.29, 1.82) is 0 Å². The number of carbonyl (C=O) groups excluding carboxylic acids is 1. The molecule has 3 nitrogen and oxygen atoms in total. The van der Waals surface area contributed by atoms with Crippen LogP contribution in [0.3, 0.4) is 0 Å². The van der Waals surface area contributed by atoms with Crippen LogP contribution in [0.25, 0.3) is 0 Å². The van der Waals surface area contributed by atoms with Gasteiger partial charge in [0.2, 0.25) is 5.95 Å². The van der Waals surface area contributed by atoms with E-state index in [0.29, 0.717) is 12.0 Å². The van der Waals surface area contributed by atoms with Crippen LogP contribution in [0.15, 0.2) is 12.3 Å². The Morgan fingerprint density at radius 1 is 1.62 bits per heavy atom. The second-order valence-electron chi connectivity index (χ2n) is 2.95. The van der Waals surface area contributed by atoms with Crippen molar-refractivity contribution < 1.29 is 13.9 Å². The van der Waals surface area contributed by atoms with E-state index in [1.54, 1.807) is 0 Å². The van der Waals surface area contributed by atoms with Crippen LogP contribution >= 0.6 is 0 Å². The number of pyridine rings is 1. The van der Waals surface area contributed by atoms with Crippen LogP contribution in [-0.2, 0) is 0 Å². The van der Waals surface area contributed by atoms with Crippen molar-refractivity contribution in [2.75, 3.05) is 0 Å². The van der Waals surface area contributed by atoms with Gasteiger partial charge in [-0.3, -0.25) is 4.79 Å². The average molecular weight is 181 g/mol. The maximum atomic E-state index is 12.9. The Labute approximate surface area is 74.5 Å². The minimum atomic E-state index is -0.770. The number of aromatic nitrogens is 1. The Morgan fingerprint density at radius 3 is 3.00 bits per heavy atom. The molecule has 1 aromatic rings. The summed E-state index contributed by atoms with van der Waals surface area (Å²) in [5.41, 5.74) is -0.0885. The fourth-order valence-electron chi connectivity index (χ4n) is 1.01. The van der Waals surface area contributed by atoms with Crippen LogP contribution in [0, 0.1) is 5.95 Å². The summed E-state index contributed by atoms with van der Waals surface area (Å²) in [7, 11) is 0. The van der Waals surface area contributed by atoms with Gasteiger partial charge in [0.05, 0.1) is 6.10 Å². The molecule has 0 bridgehead atoms. The first-order valence-corrected chi connectivity index (χ1v) is 4.07. The molecule has 1 fully saturated rings. The molecule has 0 saturated heterocycles. The standard InChI is InChI=1S/C9H8FNO2/c10-9-7(5-12)8(3-4-11-9)13-6-1-2-6/h3-6H,1-2H2. The molecule has 1 aliphatic rings. The number of nitrogens with zero attached hydrogens (tertiary/aromatic N) is 1. The van der Waals surface area contributed by atoms with Crippen molar-refractivity contribution in [1.82, 2.24) is 4.98 Å². The van der Waals surface area contributed by atoms with Gasteiger partial charge in [0.1, 0.15) is 11.3 Å². The maximum Gasteiger partial charge on any atom is 0.227 e. The zero-order chi connectivity index (χ0) is 9.26. The van der Waals surface area contributed by atoms with Gasteiger partial charge in [0, 0.05) is 6.20 Å². The summed E-state index contributed by atoms with van der Waals surface area (Å²) in [5, 5.41) is 0. The average Bonchev–Trinajstić information content (AvgIpc) is 2.89. The SMILES string of the molecule is O=Cc1c(OC2CC2)ccnc1F. The molecule has 0 aromatic carbocycles. The molecule has 13 heavy (non-hydrogen) atoms. The van der Waals surface area contributed by atoms with Gasteiger partial charge < -0.3 is 4.74 Å². The predicted octanol–water partition coefficient (Wildman–Crippen LogP) is 1.57. The van der Waals surface area contributed by atoms with Crippen molar-refractivity contribution >= 4 is 6.29 Å². The van der Waals surface area contributed by atoms with E-state index in [1.807, 2.05) is 0 Å². The van der Waals surface area contributed by atoms with Crippen LogP contribution in [0.4, 0.5) is 4.39 Å². The van der Waals surface area contributed by atoms with Crippen molar-refractivity contribution in [2.45, 2.75) is 18.9 Å². The first kappa shape index (κ1) is 8.16. The van der Waals surface area contributed by atoms with E-state index in [2.05, 4.69) is 4.98 Å². The van der Waals surface area contributed by atoms with Gasteiger partial charge in [0.15, 0.2) is 6.29 Å². The third-order valence-electron chi connectivity index (χ3n) is 1.84. The fraction of sp³-hybridized carbons (Fsp3) is 0.333. The molecular weight excluding hydrogens is 173 g/mol. The molecular formula is C9H8FNO2. The number of hydrogen-bond acceptors (Lipinski definition) is 3. The molecule has 2 rings (SSSR count). The number of ether oxygens (including phenoxy) is 1. The topological polar surface area (TPSA) is 39.2 Å². The molecule has 1 heterocycles. The summed E-state index contributed by atoms with van der Waals surface area (Å²) in [4.78, 5) is 13.9. The normalized spacial score (nSPS) is 15.5. The van der Waals surface area contributed by atoms with E-state index >= 15 is 0 Å². The van der Waals surface area contributed by atoms with Gasteiger partial charge >= 0.3 is 0 Å². The first-order chi connectivity index (χ1) is 6.31. The summed E-state index contributed by atoms with van der Waals surface area (Å²) in [5.74, 6) is -0.474. The van der Waals surface area contributed by atoms with Crippen LogP contribution in [0.5, 0.6) is 5.75 Å². The lowest BCUT2D eigenvalue weighted by Gasteiger charge is -2.05. The van der Waals surface area contributed by atoms with Crippen molar-refractivity contribution in [2.24, 2.45) is 0 Å². The minimum absolute atomic E-state index is 0.0885. The van der Waals surface area contributed by atoms with E-state index in [4.69, 9.17) is 4.74 Å². The Kier molecular flexibility index (Phi) is 1.96. The molecule has 0 amide bonds. The number of carbonyl (C=O) groups is 1. The highest BCUT2D eigenvalue weighted by Gasteiger charge is 2.25. The van der Waals surface area contributed by atoms with E-state index in [9.17, 15) is 9.18 Å². The summed E-state index contributed by atoms with van der Waals surface area (Å²) in [6, 6.07) is 1.51. The molecule has 4 heteroatoms. The highest BCUT2D eigenvalue weighted by atomic mass is 19.1. The molecule has 1 aliphatic carbocycles. The van der Waals surface area contributed by atoms with Crippen LogP contribution in [-0.4, -0.2) is 17.4 Å². The Balaban J connectivity index is 2.30. The molecule has 1 aromatic heterocycles. The van der Waals surface area contributed by atoms with E-state index in [1.165, 1.54) is 12.3 Å². The smallest absolute Gasteiger partial charge is 0.227 e. The van der Waals surface area contributed by atoms with Gasteiger partial charge in [-0.25, -0.2) is 4.98 Å².